The number of nitrogens with zero attached hydrogens (tertiary/aromatic N) is 1. The molecule has 0 aromatic heterocycles. The zero-order chi connectivity index (χ0) is 11.9. The Morgan fingerprint density at radius 3 is 2.75 bits per heavy atom. The first-order chi connectivity index (χ1) is 7.52. The van der Waals surface area contributed by atoms with E-state index in [4.69, 9.17) is 0 Å². The Hall–Kier alpha value is -1.19. The van der Waals surface area contributed by atoms with E-state index in [0.717, 1.165) is 0 Å². The van der Waals surface area contributed by atoms with E-state index in [9.17, 15) is 14.3 Å². The number of rotatable bonds is 2. The summed E-state index contributed by atoms with van der Waals surface area (Å²) in [6.45, 7) is 1.75. The number of isocyanates is 1. The first kappa shape index (κ1) is 11.3. The van der Waals surface area contributed by atoms with Gasteiger partial charge in [0.2, 0.25) is 6.08 Å². The van der Waals surface area contributed by atoms with Gasteiger partial charge in [0.05, 0.1) is 0 Å². The Labute approximate surface area is 100 Å². The van der Waals surface area contributed by atoms with Gasteiger partial charge in [-0.25, -0.2) is 9.18 Å². The molecule has 1 fully saturated rings. The molecule has 5 heteroatoms. The van der Waals surface area contributed by atoms with Gasteiger partial charge in [0.25, 0.3) is 0 Å². The number of halogens is 2. The van der Waals surface area contributed by atoms with Crippen molar-refractivity contribution in [3.8, 4) is 5.75 Å². The van der Waals surface area contributed by atoms with Gasteiger partial charge in [-0.2, -0.15) is 4.99 Å². The lowest BCUT2D eigenvalue weighted by Gasteiger charge is -2.15. The zero-order valence-electron chi connectivity index (χ0n) is 8.55. The van der Waals surface area contributed by atoms with Gasteiger partial charge >= 0.3 is 0 Å². The molecule has 0 amide bonds. The van der Waals surface area contributed by atoms with Crippen molar-refractivity contribution in [1.82, 2.24) is 0 Å². The number of aromatic hydroxyl groups is 1. The largest absolute Gasteiger partial charge is 0.505 e. The molecule has 16 heavy (non-hydrogen) atoms. The minimum Gasteiger partial charge on any atom is -0.505 e. The quantitative estimate of drug-likeness (QED) is 0.671. The van der Waals surface area contributed by atoms with Gasteiger partial charge in [-0.05, 0) is 31.4 Å². The van der Waals surface area contributed by atoms with Crippen molar-refractivity contribution >= 4 is 22.0 Å². The molecule has 0 aliphatic heterocycles. The molecular formula is C11H9BrFNO2. The number of hydrogen-bond donors (Lipinski definition) is 1. The van der Waals surface area contributed by atoms with Crippen LogP contribution in [0.2, 0.25) is 0 Å². The molecule has 0 atom stereocenters. The number of aliphatic imine (C=N–C) groups is 1. The molecule has 0 unspecified atom stereocenters. The second-order valence-electron chi connectivity index (χ2n) is 3.92. The fourth-order valence-electron chi connectivity index (χ4n) is 1.90. The Bertz CT molecular complexity index is 479. The maximum absolute atomic E-state index is 13.4. The smallest absolute Gasteiger partial charge is 0.235 e. The highest BCUT2D eigenvalue weighted by Crippen LogP contribution is 2.54. The van der Waals surface area contributed by atoms with Crippen LogP contribution in [0.3, 0.4) is 0 Å². The van der Waals surface area contributed by atoms with Crippen LogP contribution in [0.25, 0.3) is 0 Å². The molecule has 0 spiro atoms. The third kappa shape index (κ3) is 1.56. The Kier molecular flexibility index (Phi) is 2.60. The molecule has 3 nitrogen and oxygen atoms in total. The monoisotopic (exact) mass is 285 g/mol. The predicted molar refractivity (Wildman–Crippen MR) is 59.5 cm³/mol. The van der Waals surface area contributed by atoms with Gasteiger partial charge in [0, 0.05) is 10.0 Å². The summed E-state index contributed by atoms with van der Waals surface area (Å²) in [5, 5.41) is 9.72. The van der Waals surface area contributed by atoms with Gasteiger partial charge in [-0.1, -0.05) is 15.9 Å². The summed E-state index contributed by atoms with van der Waals surface area (Å²) in [4.78, 5) is 14.0. The Balaban J connectivity index is 2.69. The van der Waals surface area contributed by atoms with Crippen molar-refractivity contribution in [2.45, 2.75) is 25.3 Å². The van der Waals surface area contributed by atoms with Crippen LogP contribution < -0.4 is 0 Å². The molecule has 0 bridgehead atoms. The van der Waals surface area contributed by atoms with E-state index in [2.05, 4.69) is 20.9 Å². The highest BCUT2D eigenvalue weighted by atomic mass is 79.9. The Morgan fingerprint density at radius 2 is 2.25 bits per heavy atom. The molecule has 0 saturated heterocycles. The summed E-state index contributed by atoms with van der Waals surface area (Å²) in [5.41, 5.74) is 0.332. The molecule has 1 aliphatic rings. The average molecular weight is 286 g/mol. The van der Waals surface area contributed by atoms with Crippen LogP contribution in [0.15, 0.2) is 15.5 Å². The number of benzene rings is 1. The fraction of sp³-hybridized carbons (Fsp3) is 0.364. The third-order valence-corrected chi connectivity index (χ3v) is 3.72. The van der Waals surface area contributed by atoms with Crippen molar-refractivity contribution in [2.75, 3.05) is 0 Å². The van der Waals surface area contributed by atoms with E-state index >= 15 is 0 Å². The highest BCUT2D eigenvalue weighted by Gasteiger charge is 2.48. The molecule has 1 aromatic rings. The molecule has 1 saturated carbocycles. The second-order valence-corrected chi connectivity index (χ2v) is 4.78. The third-order valence-electron chi connectivity index (χ3n) is 2.90. The molecule has 1 aliphatic carbocycles. The van der Waals surface area contributed by atoms with Crippen LogP contribution in [0.4, 0.5) is 4.39 Å². The van der Waals surface area contributed by atoms with Crippen molar-refractivity contribution in [3.63, 3.8) is 0 Å². The van der Waals surface area contributed by atoms with Gasteiger partial charge in [-0.15, -0.1) is 0 Å². The molecule has 1 aromatic carbocycles. The lowest BCUT2D eigenvalue weighted by atomic mass is 9.98. The molecule has 0 heterocycles. The van der Waals surface area contributed by atoms with Crippen molar-refractivity contribution < 1.29 is 14.3 Å². The summed E-state index contributed by atoms with van der Waals surface area (Å²) in [6, 6.07) is 1.20. The van der Waals surface area contributed by atoms with E-state index in [0.29, 0.717) is 28.4 Å². The maximum Gasteiger partial charge on any atom is 0.235 e. The van der Waals surface area contributed by atoms with Crippen LogP contribution in [-0.2, 0) is 10.3 Å². The van der Waals surface area contributed by atoms with E-state index < -0.39 is 17.1 Å². The van der Waals surface area contributed by atoms with Gasteiger partial charge < -0.3 is 5.11 Å². The first-order valence-electron chi connectivity index (χ1n) is 4.79. The molecular weight excluding hydrogens is 277 g/mol. The standard InChI is InChI=1S/C11H9BrFNO2/c1-6-7(12)4-8(13)10(16)9(6)11(2-3-11)14-5-15/h4,16H,2-3H2,1H3. The average Bonchev–Trinajstić information content (AvgIpc) is 2.97. The van der Waals surface area contributed by atoms with E-state index in [1.807, 2.05) is 0 Å². The van der Waals surface area contributed by atoms with E-state index in [-0.39, 0.29) is 0 Å². The first-order valence-corrected chi connectivity index (χ1v) is 5.58. The molecule has 2 rings (SSSR count). The number of carbonyl (C=O) groups excluding carboxylic acids is 1. The summed E-state index contributed by atoms with van der Waals surface area (Å²) >= 11 is 3.21. The van der Waals surface area contributed by atoms with Crippen LogP contribution in [0, 0.1) is 12.7 Å². The molecule has 0 radical (unpaired) electrons. The van der Waals surface area contributed by atoms with Crippen molar-refractivity contribution in [1.29, 1.82) is 0 Å². The lowest BCUT2D eigenvalue weighted by Crippen LogP contribution is -2.07. The topological polar surface area (TPSA) is 49.7 Å². The summed E-state index contributed by atoms with van der Waals surface area (Å²) in [6.07, 6.45) is 2.75. The van der Waals surface area contributed by atoms with Crippen molar-refractivity contribution in [2.24, 2.45) is 4.99 Å². The lowest BCUT2D eigenvalue weighted by molar-refractivity contribution is 0.417. The number of phenolic OH excluding ortho intramolecular Hbond substituents is 1. The summed E-state index contributed by atoms with van der Waals surface area (Å²) in [5.74, 6) is -1.13. The molecule has 84 valence electrons. The second kappa shape index (κ2) is 3.68. The van der Waals surface area contributed by atoms with E-state index in [1.54, 1.807) is 6.92 Å². The predicted octanol–water partition coefficient (Wildman–Crippen LogP) is 2.93. The highest BCUT2D eigenvalue weighted by molar-refractivity contribution is 9.10. The normalized spacial score (nSPS) is 16.7. The summed E-state index contributed by atoms with van der Waals surface area (Å²) in [7, 11) is 0. The van der Waals surface area contributed by atoms with Crippen LogP contribution in [0.5, 0.6) is 5.75 Å². The number of hydrogen-bond acceptors (Lipinski definition) is 3. The van der Waals surface area contributed by atoms with Crippen LogP contribution in [-0.4, -0.2) is 11.2 Å². The Morgan fingerprint density at radius 1 is 1.62 bits per heavy atom. The summed E-state index contributed by atoms with van der Waals surface area (Å²) < 4.78 is 14.0. The van der Waals surface area contributed by atoms with Crippen LogP contribution >= 0.6 is 15.9 Å². The number of phenols is 1. The SMILES string of the molecule is Cc1c(Br)cc(F)c(O)c1C1(N=C=O)CC1. The van der Waals surface area contributed by atoms with Gasteiger partial charge in [0.15, 0.2) is 11.6 Å². The fourth-order valence-corrected chi connectivity index (χ4v) is 2.30. The minimum atomic E-state index is -0.763. The van der Waals surface area contributed by atoms with Crippen LogP contribution in [0.1, 0.15) is 24.0 Å². The zero-order valence-corrected chi connectivity index (χ0v) is 10.1. The molecule has 1 N–H and O–H groups in total. The van der Waals surface area contributed by atoms with Gasteiger partial charge in [-0.3, -0.25) is 0 Å². The van der Waals surface area contributed by atoms with Crippen molar-refractivity contribution in [3.05, 3.63) is 27.5 Å². The minimum absolute atomic E-state index is 0.391. The van der Waals surface area contributed by atoms with Gasteiger partial charge in [0.1, 0.15) is 5.54 Å². The maximum atomic E-state index is 13.4. The van der Waals surface area contributed by atoms with E-state index in [1.165, 1.54) is 12.1 Å².